The van der Waals surface area contributed by atoms with E-state index in [1.807, 2.05) is 12.1 Å². The van der Waals surface area contributed by atoms with Crippen LogP contribution in [0.3, 0.4) is 0 Å². The summed E-state index contributed by atoms with van der Waals surface area (Å²) < 4.78 is 0. The van der Waals surface area contributed by atoms with Gasteiger partial charge >= 0.3 is 0 Å². The average Bonchev–Trinajstić information content (AvgIpc) is 2.22. The molecule has 1 aromatic heterocycles. The van der Waals surface area contributed by atoms with Gasteiger partial charge in [-0.3, -0.25) is 9.88 Å². The Hall–Kier alpha value is -1.09. The van der Waals surface area contributed by atoms with E-state index in [-0.39, 0.29) is 0 Å². The number of rotatable bonds is 2. The predicted molar refractivity (Wildman–Crippen MR) is 62.4 cm³/mol. The summed E-state index contributed by atoms with van der Waals surface area (Å²) in [5.74, 6) is 0. The SMILES string of the molecule is CC1CCCCN1Cc1cc(N)ccn1. The number of nitrogens with zero attached hydrogens (tertiary/aromatic N) is 2. The second-order valence-electron chi connectivity index (χ2n) is 4.40. The highest BCUT2D eigenvalue weighted by molar-refractivity contribution is 5.37. The van der Waals surface area contributed by atoms with Crippen molar-refractivity contribution in [2.45, 2.75) is 38.8 Å². The third kappa shape index (κ3) is 2.69. The zero-order chi connectivity index (χ0) is 10.7. The van der Waals surface area contributed by atoms with E-state index < -0.39 is 0 Å². The zero-order valence-corrected chi connectivity index (χ0v) is 9.32. The number of likely N-dealkylation sites (tertiary alicyclic amines) is 1. The van der Waals surface area contributed by atoms with E-state index >= 15 is 0 Å². The molecule has 1 aromatic rings. The van der Waals surface area contributed by atoms with Crippen molar-refractivity contribution < 1.29 is 0 Å². The third-order valence-electron chi connectivity index (χ3n) is 3.15. The Balaban J connectivity index is 2.01. The molecule has 0 saturated carbocycles. The lowest BCUT2D eigenvalue weighted by molar-refractivity contribution is 0.151. The Morgan fingerprint density at radius 3 is 3.13 bits per heavy atom. The molecule has 15 heavy (non-hydrogen) atoms. The summed E-state index contributed by atoms with van der Waals surface area (Å²) >= 11 is 0. The van der Waals surface area contributed by atoms with E-state index in [1.54, 1.807) is 6.20 Å². The Bertz CT molecular complexity index is 324. The second kappa shape index (κ2) is 4.62. The maximum Gasteiger partial charge on any atom is 0.0564 e. The van der Waals surface area contributed by atoms with E-state index in [4.69, 9.17) is 5.73 Å². The van der Waals surface area contributed by atoms with E-state index in [1.165, 1.54) is 25.8 Å². The van der Waals surface area contributed by atoms with Crippen LogP contribution < -0.4 is 5.73 Å². The number of piperidine rings is 1. The molecular weight excluding hydrogens is 186 g/mol. The predicted octanol–water partition coefficient (Wildman–Crippen LogP) is 2.04. The van der Waals surface area contributed by atoms with Crippen LogP contribution in [0.15, 0.2) is 18.3 Å². The molecule has 82 valence electrons. The zero-order valence-electron chi connectivity index (χ0n) is 9.32. The fourth-order valence-electron chi connectivity index (χ4n) is 2.18. The van der Waals surface area contributed by atoms with E-state index in [9.17, 15) is 0 Å². The van der Waals surface area contributed by atoms with Crippen LogP contribution >= 0.6 is 0 Å². The highest BCUT2D eigenvalue weighted by atomic mass is 15.2. The number of anilines is 1. The molecule has 0 spiro atoms. The van der Waals surface area contributed by atoms with Crippen LogP contribution in [0.5, 0.6) is 0 Å². The molecule has 0 amide bonds. The Morgan fingerprint density at radius 1 is 1.53 bits per heavy atom. The van der Waals surface area contributed by atoms with Gasteiger partial charge in [0.05, 0.1) is 5.69 Å². The van der Waals surface area contributed by atoms with Gasteiger partial charge in [0.25, 0.3) is 0 Å². The molecule has 1 atom stereocenters. The lowest BCUT2D eigenvalue weighted by atomic mass is 10.0. The fraction of sp³-hybridized carbons (Fsp3) is 0.583. The van der Waals surface area contributed by atoms with Crippen molar-refractivity contribution in [3.63, 3.8) is 0 Å². The van der Waals surface area contributed by atoms with Gasteiger partial charge in [0.1, 0.15) is 0 Å². The van der Waals surface area contributed by atoms with Crippen molar-refractivity contribution in [1.29, 1.82) is 0 Å². The maximum absolute atomic E-state index is 5.74. The van der Waals surface area contributed by atoms with Crippen LogP contribution in [-0.4, -0.2) is 22.5 Å². The average molecular weight is 205 g/mol. The first-order valence-corrected chi connectivity index (χ1v) is 5.70. The topological polar surface area (TPSA) is 42.1 Å². The first-order valence-electron chi connectivity index (χ1n) is 5.70. The monoisotopic (exact) mass is 205 g/mol. The molecule has 3 heteroatoms. The summed E-state index contributed by atoms with van der Waals surface area (Å²) in [5, 5.41) is 0. The summed E-state index contributed by atoms with van der Waals surface area (Å²) in [6.07, 6.45) is 5.77. The van der Waals surface area contributed by atoms with Gasteiger partial charge in [-0.1, -0.05) is 6.42 Å². The molecule has 2 heterocycles. The highest BCUT2D eigenvalue weighted by Crippen LogP contribution is 2.18. The number of nitrogen functional groups attached to an aromatic ring is 1. The summed E-state index contributed by atoms with van der Waals surface area (Å²) in [7, 11) is 0. The molecule has 0 aliphatic carbocycles. The lowest BCUT2D eigenvalue weighted by Crippen LogP contribution is -2.36. The van der Waals surface area contributed by atoms with Gasteiger partial charge < -0.3 is 5.73 Å². The minimum atomic E-state index is 0.682. The maximum atomic E-state index is 5.74. The highest BCUT2D eigenvalue weighted by Gasteiger charge is 2.18. The normalized spacial score (nSPS) is 22.9. The molecule has 0 radical (unpaired) electrons. The Kier molecular flexibility index (Phi) is 3.21. The van der Waals surface area contributed by atoms with Crippen molar-refractivity contribution in [2.24, 2.45) is 0 Å². The Morgan fingerprint density at radius 2 is 2.40 bits per heavy atom. The summed E-state index contributed by atoms with van der Waals surface area (Å²) in [4.78, 5) is 6.84. The molecule has 3 nitrogen and oxygen atoms in total. The van der Waals surface area contributed by atoms with Gasteiger partial charge in [0.15, 0.2) is 0 Å². The standard InChI is InChI=1S/C12H19N3/c1-10-4-2-3-7-15(10)9-12-8-11(13)5-6-14-12/h5-6,8,10H,2-4,7,9H2,1H3,(H2,13,14). The van der Waals surface area contributed by atoms with Crippen molar-refractivity contribution in [1.82, 2.24) is 9.88 Å². The molecule has 1 aliphatic heterocycles. The summed E-state index contributed by atoms with van der Waals surface area (Å²) in [6, 6.07) is 4.49. The second-order valence-corrected chi connectivity index (χ2v) is 4.40. The smallest absolute Gasteiger partial charge is 0.0564 e. The minimum absolute atomic E-state index is 0.682. The Labute approximate surface area is 91.3 Å². The number of nitrogens with two attached hydrogens (primary N) is 1. The number of hydrogen-bond donors (Lipinski definition) is 1. The van der Waals surface area contributed by atoms with Crippen LogP contribution in [0, 0.1) is 0 Å². The lowest BCUT2D eigenvalue weighted by Gasteiger charge is -2.32. The van der Waals surface area contributed by atoms with Gasteiger partial charge in [0.2, 0.25) is 0 Å². The van der Waals surface area contributed by atoms with Crippen LogP contribution in [0.4, 0.5) is 5.69 Å². The third-order valence-corrected chi connectivity index (χ3v) is 3.15. The minimum Gasteiger partial charge on any atom is -0.399 e. The van der Waals surface area contributed by atoms with E-state index in [0.29, 0.717) is 6.04 Å². The van der Waals surface area contributed by atoms with Crippen molar-refractivity contribution in [3.05, 3.63) is 24.0 Å². The largest absolute Gasteiger partial charge is 0.399 e. The molecule has 1 fully saturated rings. The van der Waals surface area contributed by atoms with Gasteiger partial charge in [-0.2, -0.15) is 0 Å². The molecule has 0 aromatic carbocycles. The summed E-state index contributed by atoms with van der Waals surface area (Å²) in [6.45, 7) is 4.43. The molecule has 1 aliphatic rings. The van der Waals surface area contributed by atoms with E-state index in [2.05, 4.69) is 16.8 Å². The van der Waals surface area contributed by atoms with Gasteiger partial charge in [-0.25, -0.2) is 0 Å². The summed E-state index contributed by atoms with van der Waals surface area (Å²) in [5.41, 5.74) is 7.64. The molecule has 0 bridgehead atoms. The van der Waals surface area contributed by atoms with Crippen LogP contribution in [0.2, 0.25) is 0 Å². The molecule has 1 saturated heterocycles. The number of aromatic nitrogens is 1. The van der Waals surface area contributed by atoms with Crippen molar-refractivity contribution >= 4 is 5.69 Å². The first-order chi connectivity index (χ1) is 7.25. The van der Waals surface area contributed by atoms with Crippen molar-refractivity contribution in [3.8, 4) is 0 Å². The van der Waals surface area contributed by atoms with Crippen LogP contribution in [0.25, 0.3) is 0 Å². The molecule has 2 N–H and O–H groups in total. The molecule has 2 rings (SSSR count). The molecule has 1 unspecified atom stereocenters. The van der Waals surface area contributed by atoms with Crippen molar-refractivity contribution in [2.75, 3.05) is 12.3 Å². The number of pyridine rings is 1. The van der Waals surface area contributed by atoms with Crippen LogP contribution in [0.1, 0.15) is 31.9 Å². The van der Waals surface area contributed by atoms with Gasteiger partial charge in [-0.15, -0.1) is 0 Å². The number of hydrogen-bond acceptors (Lipinski definition) is 3. The van der Waals surface area contributed by atoms with Gasteiger partial charge in [0, 0.05) is 24.5 Å². The van der Waals surface area contributed by atoms with Gasteiger partial charge in [-0.05, 0) is 38.4 Å². The molecular formula is C12H19N3. The quantitative estimate of drug-likeness (QED) is 0.803. The van der Waals surface area contributed by atoms with Crippen LogP contribution in [-0.2, 0) is 6.54 Å². The van der Waals surface area contributed by atoms with E-state index in [0.717, 1.165) is 17.9 Å². The first kappa shape index (κ1) is 10.4. The fourth-order valence-corrected chi connectivity index (χ4v) is 2.18.